The molecule has 0 aromatic heterocycles. The Morgan fingerprint density at radius 3 is 2.62 bits per heavy atom. The summed E-state index contributed by atoms with van der Waals surface area (Å²) in [4.78, 5) is 13.6. The molecular formula is C12H14N2OS. The zero-order valence-electron chi connectivity index (χ0n) is 9.31. The van der Waals surface area contributed by atoms with Crippen LogP contribution in [0.25, 0.3) is 5.70 Å². The fourth-order valence-electron chi connectivity index (χ4n) is 1.73. The molecule has 4 heteroatoms. The quantitative estimate of drug-likeness (QED) is 0.846. The molecule has 1 N–H and O–H groups in total. The lowest BCUT2D eigenvalue weighted by Crippen LogP contribution is -2.46. The maximum atomic E-state index is 11.5. The summed E-state index contributed by atoms with van der Waals surface area (Å²) in [5.74, 6) is -0.0312. The topological polar surface area (TPSA) is 32.3 Å². The highest BCUT2D eigenvalue weighted by molar-refractivity contribution is 7.99. The van der Waals surface area contributed by atoms with Gasteiger partial charge in [-0.1, -0.05) is 30.3 Å². The summed E-state index contributed by atoms with van der Waals surface area (Å²) >= 11 is 1.61. The van der Waals surface area contributed by atoms with E-state index in [9.17, 15) is 4.79 Å². The minimum Gasteiger partial charge on any atom is -0.345 e. The molecule has 1 aliphatic rings. The number of nitrogens with one attached hydrogen (secondary N) is 1. The monoisotopic (exact) mass is 234 g/mol. The third kappa shape index (κ3) is 2.07. The number of hydrogen-bond donors (Lipinski definition) is 1. The standard InChI is InChI=1S/C12H14N2OS/c1-14-10(9-6-4-3-5-7-9)8-11(15)13-12(14)16-2/h3-8,12H,1-2H3,(H,13,15). The second-order valence-corrected chi connectivity index (χ2v) is 4.52. The molecule has 0 aliphatic carbocycles. The van der Waals surface area contributed by atoms with E-state index in [1.807, 2.05) is 43.6 Å². The fourth-order valence-corrected chi connectivity index (χ4v) is 2.39. The second-order valence-electron chi connectivity index (χ2n) is 3.60. The first-order valence-corrected chi connectivity index (χ1v) is 6.34. The van der Waals surface area contributed by atoms with Crippen LogP contribution < -0.4 is 5.32 Å². The van der Waals surface area contributed by atoms with Crippen LogP contribution in [-0.2, 0) is 4.79 Å². The van der Waals surface area contributed by atoms with Crippen LogP contribution in [0.15, 0.2) is 36.4 Å². The molecular weight excluding hydrogens is 220 g/mol. The van der Waals surface area contributed by atoms with Crippen LogP contribution in [0, 0.1) is 0 Å². The summed E-state index contributed by atoms with van der Waals surface area (Å²) < 4.78 is 0. The maximum Gasteiger partial charge on any atom is 0.248 e. The average Bonchev–Trinajstić information content (AvgIpc) is 2.33. The normalized spacial score (nSPS) is 20.4. The Labute approximate surface area is 99.5 Å². The molecule has 1 aromatic carbocycles. The summed E-state index contributed by atoms with van der Waals surface area (Å²) in [6, 6.07) is 9.95. The first-order valence-electron chi connectivity index (χ1n) is 5.05. The van der Waals surface area contributed by atoms with Crippen molar-refractivity contribution in [3.8, 4) is 0 Å². The molecule has 16 heavy (non-hydrogen) atoms. The highest BCUT2D eigenvalue weighted by atomic mass is 32.2. The molecule has 1 unspecified atom stereocenters. The summed E-state index contributed by atoms with van der Waals surface area (Å²) in [6.45, 7) is 0. The Morgan fingerprint density at radius 1 is 1.31 bits per heavy atom. The van der Waals surface area contributed by atoms with Gasteiger partial charge in [0.05, 0.1) is 5.70 Å². The lowest BCUT2D eigenvalue weighted by atomic mass is 10.1. The molecule has 0 fully saturated rings. The van der Waals surface area contributed by atoms with Crippen LogP contribution in [0.1, 0.15) is 5.56 Å². The Hall–Kier alpha value is -1.42. The Morgan fingerprint density at radius 2 is 2.00 bits per heavy atom. The molecule has 2 rings (SSSR count). The lowest BCUT2D eigenvalue weighted by Gasteiger charge is -2.34. The van der Waals surface area contributed by atoms with Gasteiger partial charge in [0.2, 0.25) is 5.91 Å². The largest absolute Gasteiger partial charge is 0.345 e. The van der Waals surface area contributed by atoms with E-state index < -0.39 is 0 Å². The van der Waals surface area contributed by atoms with Crippen molar-refractivity contribution in [1.82, 2.24) is 10.2 Å². The smallest absolute Gasteiger partial charge is 0.248 e. The van der Waals surface area contributed by atoms with Gasteiger partial charge in [-0.25, -0.2) is 0 Å². The van der Waals surface area contributed by atoms with Crippen molar-refractivity contribution < 1.29 is 4.79 Å². The van der Waals surface area contributed by atoms with Gasteiger partial charge in [0.15, 0.2) is 0 Å². The van der Waals surface area contributed by atoms with Gasteiger partial charge in [-0.3, -0.25) is 4.79 Å². The van der Waals surface area contributed by atoms with Crippen LogP contribution in [0.3, 0.4) is 0 Å². The molecule has 0 saturated heterocycles. The molecule has 1 aromatic rings. The molecule has 1 amide bonds. The SMILES string of the molecule is CSC1NC(=O)C=C(c2ccccc2)N1C. The van der Waals surface area contributed by atoms with E-state index in [2.05, 4.69) is 10.2 Å². The fraction of sp³-hybridized carbons (Fsp3) is 0.250. The first kappa shape index (κ1) is 11.1. The number of amides is 1. The van der Waals surface area contributed by atoms with Crippen molar-refractivity contribution in [2.75, 3.05) is 13.3 Å². The Bertz CT molecular complexity index is 416. The molecule has 84 valence electrons. The van der Waals surface area contributed by atoms with E-state index in [0.29, 0.717) is 0 Å². The van der Waals surface area contributed by atoms with Gasteiger partial charge >= 0.3 is 0 Å². The van der Waals surface area contributed by atoms with Gasteiger partial charge in [0, 0.05) is 13.1 Å². The predicted octanol–water partition coefficient (Wildman–Crippen LogP) is 1.74. The molecule has 1 aliphatic heterocycles. The molecule has 0 radical (unpaired) electrons. The van der Waals surface area contributed by atoms with Crippen LogP contribution in [-0.4, -0.2) is 29.6 Å². The summed E-state index contributed by atoms with van der Waals surface area (Å²) in [7, 11) is 1.99. The molecule has 1 heterocycles. The van der Waals surface area contributed by atoms with E-state index >= 15 is 0 Å². The van der Waals surface area contributed by atoms with Crippen molar-refractivity contribution in [2.45, 2.75) is 5.50 Å². The molecule has 0 bridgehead atoms. The van der Waals surface area contributed by atoms with Crippen LogP contribution in [0.4, 0.5) is 0 Å². The van der Waals surface area contributed by atoms with Crippen molar-refractivity contribution >= 4 is 23.4 Å². The maximum absolute atomic E-state index is 11.5. The Kier molecular flexibility index (Phi) is 3.19. The minimum absolute atomic E-state index is 0.00714. The zero-order chi connectivity index (χ0) is 11.5. The van der Waals surface area contributed by atoms with Gasteiger partial charge in [0.25, 0.3) is 0 Å². The number of thioether (sulfide) groups is 1. The van der Waals surface area contributed by atoms with Crippen molar-refractivity contribution in [3.63, 3.8) is 0 Å². The van der Waals surface area contributed by atoms with E-state index in [-0.39, 0.29) is 11.4 Å². The van der Waals surface area contributed by atoms with Crippen molar-refractivity contribution in [2.24, 2.45) is 0 Å². The van der Waals surface area contributed by atoms with Gasteiger partial charge in [-0.05, 0) is 11.8 Å². The third-order valence-corrected chi connectivity index (χ3v) is 3.44. The predicted molar refractivity (Wildman–Crippen MR) is 67.6 cm³/mol. The zero-order valence-corrected chi connectivity index (χ0v) is 10.1. The van der Waals surface area contributed by atoms with Gasteiger partial charge in [-0.2, -0.15) is 0 Å². The number of rotatable bonds is 2. The highest BCUT2D eigenvalue weighted by Crippen LogP contribution is 2.25. The summed E-state index contributed by atoms with van der Waals surface area (Å²) in [5.41, 5.74) is 2.04. The lowest BCUT2D eigenvalue weighted by molar-refractivity contribution is -0.117. The number of benzene rings is 1. The van der Waals surface area contributed by atoms with E-state index in [0.717, 1.165) is 11.3 Å². The Balaban J connectivity index is 2.36. The molecule has 1 atom stereocenters. The van der Waals surface area contributed by atoms with E-state index in [1.165, 1.54) is 0 Å². The van der Waals surface area contributed by atoms with Gasteiger partial charge in [-0.15, -0.1) is 11.8 Å². The number of hydrogen-bond acceptors (Lipinski definition) is 3. The van der Waals surface area contributed by atoms with E-state index in [4.69, 9.17) is 0 Å². The van der Waals surface area contributed by atoms with Crippen LogP contribution >= 0.6 is 11.8 Å². The number of carbonyl (C=O) groups is 1. The molecule has 3 nitrogen and oxygen atoms in total. The highest BCUT2D eigenvalue weighted by Gasteiger charge is 2.23. The minimum atomic E-state index is -0.0312. The summed E-state index contributed by atoms with van der Waals surface area (Å²) in [6.07, 6.45) is 3.62. The van der Waals surface area contributed by atoms with Gasteiger partial charge in [0.1, 0.15) is 5.50 Å². The van der Waals surface area contributed by atoms with Gasteiger partial charge < -0.3 is 10.2 Å². The van der Waals surface area contributed by atoms with Crippen LogP contribution in [0.2, 0.25) is 0 Å². The van der Waals surface area contributed by atoms with Crippen molar-refractivity contribution in [3.05, 3.63) is 42.0 Å². The molecule has 0 spiro atoms. The average molecular weight is 234 g/mol. The first-order chi connectivity index (χ1) is 7.72. The van der Waals surface area contributed by atoms with Crippen molar-refractivity contribution in [1.29, 1.82) is 0 Å². The number of nitrogens with zero attached hydrogens (tertiary/aromatic N) is 1. The van der Waals surface area contributed by atoms with Crippen LogP contribution in [0.5, 0.6) is 0 Å². The third-order valence-electron chi connectivity index (χ3n) is 2.56. The summed E-state index contributed by atoms with van der Waals surface area (Å²) in [5, 5.41) is 2.89. The number of carbonyl (C=O) groups excluding carboxylic acids is 1. The molecule has 0 saturated carbocycles. The second kappa shape index (κ2) is 4.61. The van der Waals surface area contributed by atoms with E-state index in [1.54, 1.807) is 17.8 Å².